The molecule has 1 saturated heterocycles. The molecule has 0 spiro atoms. The van der Waals surface area contributed by atoms with Gasteiger partial charge in [0.05, 0.1) is 18.2 Å². The number of nitriles is 1. The molecule has 23 heavy (non-hydrogen) atoms. The van der Waals surface area contributed by atoms with Crippen LogP contribution in [0.3, 0.4) is 0 Å². The molecule has 1 aromatic heterocycles. The third-order valence-corrected chi connectivity index (χ3v) is 4.75. The highest BCUT2D eigenvalue weighted by Crippen LogP contribution is 2.18. The molecule has 1 aliphatic rings. The Morgan fingerprint density at radius 3 is 2.83 bits per heavy atom. The molecule has 1 aromatic carbocycles. The average molecular weight is 326 g/mol. The van der Waals surface area contributed by atoms with Gasteiger partial charge in [0.2, 0.25) is 5.95 Å². The Hall–Kier alpha value is -2.26. The highest BCUT2D eigenvalue weighted by atomic mass is 32.2. The first-order valence-electron chi connectivity index (χ1n) is 7.57. The van der Waals surface area contributed by atoms with Crippen LogP contribution in [0.1, 0.15) is 16.8 Å². The molecule has 1 aliphatic heterocycles. The van der Waals surface area contributed by atoms with E-state index in [1.807, 2.05) is 36.9 Å². The van der Waals surface area contributed by atoms with Gasteiger partial charge in [-0.3, -0.25) is 9.36 Å². The van der Waals surface area contributed by atoms with Gasteiger partial charge in [0.25, 0.3) is 5.56 Å². The molecule has 0 atom stereocenters. The van der Waals surface area contributed by atoms with Crippen molar-refractivity contribution in [3.63, 3.8) is 0 Å². The van der Waals surface area contributed by atoms with E-state index >= 15 is 0 Å². The zero-order chi connectivity index (χ0) is 16.2. The summed E-state index contributed by atoms with van der Waals surface area (Å²) in [5.74, 6) is 2.83. The first kappa shape index (κ1) is 15.6. The van der Waals surface area contributed by atoms with Crippen molar-refractivity contribution in [2.75, 3.05) is 29.5 Å². The average Bonchev–Trinajstić information content (AvgIpc) is 2.58. The number of aryl methyl sites for hydroxylation is 1. The lowest BCUT2D eigenvalue weighted by Gasteiger charge is -2.29. The number of aromatic nitrogens is 2. The van der Waals surface area contributed by atoms with Crippen LogP contribution in [0.15, 0.2) is 35.1 Å². The first-order valence-corrected chi connectivity index (χ1v) is 8.73. The maximum atomic E-state index is 12.5. The topological polar surface area (TPSA) is 61.9 Å². The van der Waals surface area contributed by atoms with Crippen molar-refractivity contribution < 1.29 is 0 Å². The Labute approximate surface area is 139 Å². The lowest BCUT2D eigenvalue weighted by atomic mass is 10.1. The molecule has 0 saturated carbocycles. The van der Waals surface area contributed by atoms with Gasteiger partial charge >= 0.3 is 0 Å². The van der Waals surface area contributed by atoms with E-state index in [-0.39, 0.29) is 5.56 Å². The second-order valence-corrected chi connectivity index (χ2v) is 6.76. The Bertz CT molecular complexity index is 803. The summed E-state index contributed by atoms with van der Waals surface area (Å²) in [4.78, 5) is 19.3. The maximum absolute atomic E-state index is 12.5. The first-order chi connectivity index (χ1) is 11.2. The molecule has 0 radical (unpaired) electrons. The number of rotatable bonds is 3. The van der Waals surface area contributed by atoms with Gasteiger partial charge in [0, 0.05) is 36.4 Å². The summed E-state index contributed by atoms with van der Waals surface area (Å²) >= 11 is 1.92. The Balaban J connectivity index is 2.00. The molecule has 0 bridgehead atoms. The Morgan fingerprint density at radius 1 is 1.30 bits per heavy atom. The fraction of sp³-hybridized carbons (Fsp3) is 0.353. The van der Waals surface area contributed by atoms with Crippen LogP contribution >= 0.6 is 11.8 Å². The number of hydrogen-bond donors (Lipinski definition) is 0. The van der Waals surface area contributed by atoms with E-state index in [0.717, 1.165) is 41.8 Å². The van der Waals surface area contributed by atoms with Crippen molar-refractivity contribution in [2.24, 2.45) is 0 Å². The summed E-state index contributed by atoms with van der Waals surface area (Å²) in [6, 6.07) is 11.1. The predicted octanol–water partition coefficient (Wildman–Crippen LogP) is 2.02. The van der Waals surface area contributed by atoms with Gasteiger partial charge in [-0.05, 0) is 24.6 Å². The van der Waals surface area contributed by atoms with Gasteiger partial charge in [0.15, 0.2) is 0 Å². The molecule has 118 valence electrons. The van der Waals surface area contributed by atoms with Crippen molar-refractivity contribution in [1.29, 1.82) is 5.26 Å². The lowest BCUT2D eigenvalue weighted by molar-refractivity contribution is 0.682. The molecule has 0 amide bonds. The number of hydrogen-bond acceptors (Lipinski definition) is 5. The number of nitrogens with zero attached hydrogens (tertiary/aromatic N) is 4. The monoisotopic (exact) mass is 326 g/mol. The molecule has 2 heterocycles. The summed E-state index contributed by atoms with van der Waals surface area (Å²) in [5.41, 5.74) is 2.23. The van der Waals surface area contributed by atoms with E-state index in [9.17, 15) is 4.79 Å². The van der Waals surface area contributed by atoms with Gasteiger partial charge in [-0.1, -0.05) is 12.1 Å². The van der Waals surface area contributed by atoms with Crippen molar-refractivity contribution in [1.82, 2.24) is 9.55 Å². The third-order valence-electron chi connectivity index (χ3n) is 3.81. The molecule has 0 unspecified atom stereocenters. The second-order valence-electron chi connectivity index (χ2n) is 5.53. The molecule has 2 aromatic rings. The zero-order valence-electron chi connectivity index (χ0n) is 13.0. The van der Waals surface area contributed by atoms with Gasteiger partial charge < -0.3 is 4.90 Å². The molecular weight excluding hydrogens is 308 g/mol. The Kier molecular flexibility index (Phi) is 4.68. The van der Waals surface area contributed by atoms with Crippen molar-refractivity contribution in [2.45, 2.75) is 13.5 Å². The van der Waals surface area contributed by atoms with Crippen molar-refractivity contribution >= 4 is 17.7 Å². The normalized spacial score (nSPS) is 14.5. The van der Waals surface area contributed by atoms with Crippen LogP contribution < -0.4 is 10.5 Å². The smallest absolute Gasteiger partial charge is 0.255 e. The fourth-order valence-electron chi connectivity index (χ4n) is 2.68. The van der Waals surface area contributed by atoms with Crippen LogP contribution in [0.4, 0.5) is 5.95 Å². The third kappa shape index (κ3) is 3.57. The van der Waals surface area contributed by atoms with Gasteiger partial charge in [-0.25, -0.2) is 4.98 Å². The SMILES string of the molecule is Cc1cc(=O)n(Cc2cccc(C#N)c2)c(N2CCSCC2)n1. The molecule has 0 N–H and O–H groups in total. The second kappa shape index (κ2) is 6.88. The lowest BCUT2D eigenvalue weighted by Crippen LogP contribution is -2.38. The molecule has 5 nitrogen and oxygen atoms in total. The van der Waals surface area contributed by atoms with E-state index in [1.54, 1.807) is 16.7 Å². The quantitative estimate of drug-likeness (QED) is 0.863. The zero-order valence-corrected chi connectivity index (χ0v) is 13.8. The van der Waals surface area contributed by atoms with Crippen LogP contribution in [0.2, 0.25) is 0 Å². The molecule has 1 fully saturated rings. The minimum atomic E-state index is -0.0481. The molecule has 3 rings (SSSR count). The van der Waals surface area contributed by atoms with Crippen LogP contribution in [0, 0.1) is 18.3 Å². The summed E-state index contributed by atoms with van der Waals surface area (Å²) in [7, 11) is 0. The summed E-state index contributed by atoms with van der Waals surface area (Å²) in [5, 5.41) is 9.04. The molecule has 0 aliphatic carbocycles. The van der Waals surface area contributed by atoms with Crippen LogP contribution in [0.25, 0.3) is 0 Å². The van der Waals surface area contributed by atoms with Gasteiger partial charge in [-0.2, -0.15) is 17.0 Å². The highest BCUT2D eigenvalue weighted by Gasteiger charge is 2.18. The summed E-state index contributed by atoms with van der Waals surface area (Å²) in [6.07, 6.45) is 0. The number of thioether (sulfide) groups is 1. The Morgan fingerprint density at radius 2 is 2.09 bits per heavy atom. The van der Waals surface area contributed by atoms with Crippen molar-refractivity contribution in [3.05, 3.63) is 57.5 Å². The van der Waals surface area contributed by atoms with Crippen molar-refractivity contribution in [3.8, 4) is 6.07 Å². The highest BCUT2D eigenvalue weighted by molar-refractivity contribution is 7.99. The summed E-state index contributed by atoms with van der Waals surface area (Å²) in [6.45, 7) is 4.09. The molecule has 6 heteroatoms. The van der Waals surface area contributed by atoms with E-state index in [0.29, 0.717) is 12.1 Å². The fourth-order valence-corrected chi connectivity index (χ4v) is 3.58. The predicted molar refractivity (Wildman–Crippen MR) is 93.0 cm³/mol. The number of anilines is 1. The summed E-state index contributed by atoms with van der Waals surface area (Å²) < 4.78 is 1.71. The number of benzene rings is 1. The molecular formula is C17H18N4OS. The van der Waals surface area contributed by atoms with Crippen LogP contribution in [0.5, 0.6) is 0 Å². The standard InChI is InChI=1S/C17H18N4OS/c1-13-9-16(22)21(12-15-4-2-3-14(10-15)11-18)17(19-13)20-5-7-23-8-6-20/h2-4,9-10H,5-8,12H2,1H3. The van der Waals surface area contributed by atoms with Crippen LogP contribution in [-0.2, 0) is 6.54 Å². The van der Waals surface area contributed by atoms with E-state index in [4.69, 9.17) is 5.26 Å². The minimum absolute atomic E-state index is 0.0481. The van der Waals surface area contributed by atoms with E-state index in [1.165, 1.54) is 0 Å². The maximum Gasteiger partial charge on any atom is 0.255 e. The van der Waals surface area contributed by atoms with E-state index < -0.39 is 0 Å². The van der Waals surface area contributed by atoms with Gasteiger partial charge in [-0.15, -0.1) is 0 Å². The van der Waals surface area contributed by atoms with Crippen LogP contribution in [-0.4, -0.2) is 34.1 Å². The van der Waals surface area contributed by atoms with E-state index in [2.05, 4.69) is 16.0 Å². The largest absolute Gasteiger partial charge is 0.340 e. The minimum Gasteiger partial charge on any atom is -0.340 e. The van der Waals surface area contributed by atoms with Gasteiger partial charge in [0.1, 0.15) is 0 Å².